The fourth-order valence-corrected chi connectivity index (χ4v) is 2.97. The summed E-state index contributed by atoms with van der Waals surface area (Å²) in [5.74, 6) is 0.657. The predicted octanol–water partition coefficient (Wildman–Crippen LogP) is 2.77. The van der Waals surface area contributed by atoms with Crippen molar-refractivity contribution in [1.82, 2.24) is 5.32 Å². The number of hydrogen-bond acceptors (Lipinski definition) is 3. The van der Waals surface area contributed by atoms with E-state index in [1.807, 2.05) is 25.2 Å². The van der Waals surface area contributed by atoms with Gasteiger partial charge in [-0.05, 0) is 58.3 Å². The Morgan fingerprint density at radius 3 is 2.84 bits per heavy atom. The van der Waals surface area contributed by atoms with Gasteiger partial charge in [0.1, 0.15) is 6.07 Å². The molecule has 1 N–H and O–H groups in total. The maximum absolute atomic E-state index is 9.30. The Morgan fingerprint density at radius 1 is 1.42 bits per heavy atom. The van der Waals surface area contributed by atoms with Gasteiger partial charge >= 0.3 is 0 Å². The van der Waals surface area contributed by atoms with Crippen LogP contribution < -0.4 is 10.2 Å². The molecule has 3 nitrogen and oxygen atoms in total. The normalized spacial score (nSPS) is 22.0. The zero-order valence-corrected chi connectivity index (χ0v) is 12.1. The second-order valence-electron chi connectivity index (χ2n) is 6.01. The van der Waals surface area contributed by atoms with Gasteiger partial charge in [-0.1, -0.05) is 12.1 Å². The van der Waals surface area contributed by atoms with Crippen molar-refractivity contribution >= 4 is 5.69 Å². The van der Waals surface area contributed by atoms with Gasteiger partial charge in [-0.2, -0.15) is 5.26 Å². The van der Waals surface area contributed by atoms with Crippen LogP contribution in [0, 0.1) is 17.2 Å². The highest BCUT2D eigenvalue weighted by atomic mass is 15.2. The fraction of sp³-hybridized carbons (Fsp3) is 0.562. The summed E-state index contributed by atoms with van der Waals surface area (Å²) < 4.78 is 0. The maximum atomic E-state index is 9.30. The van der Waals surface area contributed by atoms with Crippen LogP contribution in [0.2, 0.25) is 0 Å². The van der Waals surface area contributed by atoms with Gasteiger partial charge in [0.05, 0.1) is 11.3 Å². The lowest BCUT2D eigenvalue weighted by atomic mass is 9.84. The molecule has 1 aromatic carbocycles. The molecule has 102 valence electrons. The summed E-state index contributed by atoms with van der Waals surface area (Å²) in [7, 11) is 2.01. The van der Waals surface area contributed by atoms with Crippen molar-refractivity contribution in [3.63, 3.8) is 0 Å². The van der Waals surface area contributed by atoms with Gasteiger partial charge in [-0.3, -0.25) is 0 Å². The molecule has 1 aliphatic heterocycles. The highest BCUT2D eigenvalue weighted by Crippen LogP contribution is 2.36. The van der Waals surface area contributed by atoms with E-state index in [2.05, 4.69) is 36.2 Å². The van der Waals surface area contributed by atoms with Crippen LogP contribution in [-0.4, -0.2) is 25.7 Å². The summed E-state index contributed by atoms with van der Waals surface area (Å²) in [6.45, 7) is 6.61. The Labute approximate surface area is 116 Å². The minimum absolute atomic E-state index is 0.122. The third kappa shape index (κ3) is 2.90. The molecule has 0 radical (unpaired) electrons. The number of nitrogens with one attached hydrogen (secondary N) is 1. The van der Waals surface area contributed by atoms with E-state index < -0.39 is 0 Å². The molecule has 0 aliphatic carbocycles. The molecule has 1 fully saturated rings. The summed E-state index contributed by atoms with van der Waals surface area (Å²) in [6.07, 6.45) is 2.41. The van der Waals surface area contributed by atoms with Crippen molar-refractivity contribution in [2.75, 3.05) is 25.0 Å². The Morgan fingerprint density at radius 2 is 2.16 bits per heavy atom. The number of piperidine rings is 1. The van der Waals surface area contributed by atoms with Crippen LogP contribution in [-0.2, 0) is 0 Å². The first kappa shape index (κ1) is 13.9. The first-order valence-electron chi connectivity index (χ1n) is 7.00. The lowest BCUT2D eigenvalue weighted by molar-refractivity contribution is 0.287. The molecular formula is C16H23N3. The van der Waals surface area contributed by atoms with Crippen molar-refractivity contribution in [1.29, 1.82) is 5.26 Å². The van der Waals surface area contributed by atoms with Gasteiger partial charge < -0.3 is 10.2 Å². The van der Waals surface area contributed by atoms with Crippen LogP contribution >= 0.6 is 0 Å². The van der Waals surface area contributed by atoms with Gasteiger partial charge in [-0.25, -0.2) is 0 Å². The SMILES string of the molecule is CNCC1CCC(C)(C)N(c2ccccc2C#N)C1. The molecule has 19 heavy (non-hydrogen) atoms. The first-order valence-corrected chi connectivity index (χ1v) is 7.00. The second-order valence-corrected chi connectivity index (χ2v) is 6.01. The fourth-order valence-electron chi connectivity index (χ4n) is 2.97. The van der Waals surface area contributed by atoms with E-state index in [1.54, 1.807) is 0 Å². The molecule has 0 spiro atoms. The minimum atomic E-state index is 0.122. The molecule has 0 saturated carbocycles. The van der Waals surface area contributed by atoms with Crippen LogP contribution in [0.15, 0.2) is 24.3 Å². The van der Waals surface area contributed by atoms with Gasteiger partial charge in [-0.15, -0.1) is 0 Å². The van der Waals surface area contributed by atoms with Crippen molar-refractivity contribution in [2.24, 2.45) is 5.92 Å². The topological polar surface area (TPSA) is 39.1 Å². The van der Waals surface area contributed by atoms with Crippen LogP contribution in [0.4, 0.5) is 5.69 Å². The summed E-state index contributed by atoms with van der Waals surface area (Å²) in [5.41, 5.74) is 1.98. The molecule has 1 saturated heterocycles. The maximum Gasteiger partial charge on any atom is 0.101 e. The van der Waals surface area contributed by atoms with E-state index in [0.717, 1.165) is 24.3 Å². The second kappa shape index (κ2) is 5.63. The summed E-state index contributed by atoms with van der Waals surface area (Å²) in [5, 5.41) is 12.6. The molecule has 0 aromatic heterocycles. The summed E-state index contributed by atoms with van der Waals surface area (Å²) in [4.78, 5) is 2.41. The monoisotopic (exact) mass is 257 g/mol. The van der Waals surface area contributed by atoms with E-state index in [1.165, 1.54) is 12.8 Å². The molecule has 1 heterocycles. The smallest absolute Gasteiger partial charge is 0.101 e. The van der Waals surface area contributed by atoms with E-state index in [0.29, 0.717) is 5.92 Å². The van der Waals surface area contributed by atoms with Crippen LogP contribution in [0.25, 0.3) is 0 Å². The third-order valence-corrected chi connectivity index (χ3v) is 4.14. The Kier molecular flexibility index (Phi) is 4.11. The molecule has 0 amide bonds. The van der Waals surface area contributed by atoms with Gasteiger partial charge in [0.15, 0.2) is 0 Å². The van der Waals surface area contributed by atoms with Crippen LogP contribution in [0.3, 0.4) is 0 Å². The standard InChI is InChI=1S/C16H23N3/c1-16(2)9-8-13(11-18-3)12-19(16)15-7-5-4-6-14(15)10-17/h4-7,13,18H,8-9,11-12H2,1-3H3. The van der Waals surface area contributed by atoms with Crippen molar-refractivity contribution in [2.45, 2.75) is 32.2 Å². The van der Waals surface area contributed by atoms with Crippen molar-refractivity contribution < 1.29 is 0 Å². The van der Waals surface area contributed by atoms with E-state index in [-0.39, 0.29) is 5.54 Å². The van der Waals surface area contributed by atoms with Crippen LogP contribution in [0.5, 0.6) is 0 Å². The number of nitrogens with zero attached hydrogens (tertiary/aromatic N) is 2. The molecule has 2 rings (SSSR count). The van der Waals surface area contributed by atoms with E-state index in [9.17, 15) is 5.26 Å². The average Bonchev–Trinajstić information content (AvgIpc) is 2.41. The van der Waals surface area contributed by atoms with Gasteiger partial charge in [0, 0.05) is 12.1 Å². The van der Waals surface area contributed by atoms with Crippen molar-refractivity contribution in [3.8, 4) is 6.07 Å². The van der Waals surface area contributed by atoms with E-state index in [4.69, 9.17) is 0 Å². The Bertz CT molecular complexity index is 473. The molecule has 1 atom stereocenters. The zero-order valence-electron chi connectivity index (χ0n) is 12.1. The molecule has 0 bridgehead atoms. The highest BCUT2D eigenvalue weighted by molar-refractivity contribution is 5.61. The summed E-state index contributed by atoms with van der Waals surface area (Å²) >= 11 is 0. The molecule has 1 aliphatic rings. The van der Waals surface area contributed by atoms with E-state index >= 15 is 0 Å². The minimum Gasteiger partial charge on any atom is -0.365 e. The molecular weight excluding hydrogens is 234 g/mol. The third-order valence-electron chi connectivity index (χ3n) is 4.14. The number of nitriles is 1. The first-order chi connectivity index (χ1) is 9.08. The average molecular weight is 257 g/mol. The largest absolute Gasteiger partial charge is 0.365 e. The highest BCUT2D eigenvalue weighted by Gasteiger charge is 2.34. The lowest BCUT2D eigenvalue weighted by Crippen LogP contribution is -2.52. The van der Waals surface area contributed by atoms with Crippen LogP contribution in [0.1, 0.15) is 32.3 Å². The van der Waals surface area contributed by atoms with Gasteiger partial charge in [0.2, 0.25) is 0 Å². The summed E-state index contributed by atoms with van der Waals surface area (Å²) in [6, 6.07) is 10.3. The van der Waals surface area contributed by atoms with Gasteiger partial charge in [0.25, 0.3) is 0 Å². The molecule has 1 aromatic rings. The number of hydrogen-bond donors (Lipinski definition) is 1. The van der Waals surface area contributed by atoms with Crippen molar-refractivity contribution in [3.05, 3.63) is 29.8 Å². The lowest BCUT2D eigenvalue weighted by Gasteiger charge is -2.47. The quantitative estimate of drug-likeness (QED) is 0.905. The zero-order chi connectivity index (χ0) is 13.9. The number of rotatable bonds is 3. The molecule has 3 heteroatoms. The Balaban J connectivity index is 2.31. The predicted molar refractivity (Wildman–Crippen MR) is 79.2 cm³/mol. The molecule has 1 unspecified atom stereocenters. The Hall–Kier alpha value is -1.53. The number of anilines is 1. The number of benzene rings is 1. The number of para-hydroxylation sites is 1.